The smallest absolute Gasteiger partial charge is 0.253 e. The summed E-state index contributed by atoms with van der Waals surface area (Å²) in [7, 11) is 0. The van der Waals surface area contributed by atoms with E-state index in [0.717, 1.165) is 0 Å². The number of anilines is 1. The van der Waals surface area contributed by atoms with Crippen LogP contribution in [0.1, 0.15) is 38.1 Å². The van der Waals surface area contributed by atoms with Crippen molar-refractivity contribution in [3.05, 3.63) is 29.8 Å². The molecule has 1 rings (SSSR count). The van der Waals surface area contributed by atoms with E-state index in [2.05, 4.69) is 5.32 Å². The van der Waals surface area contributed by atoms with E-state index in [1.807, 2.05) is 33.8 Å². The molecule has 0 aliphatic heterocycles. The fraction of sp³-hybridized carbons (Fsp3) is 0.462. The van der Waals surface area contributed by atoms with Crippen molar-refractivity contribution in [1.29, 1.82) is 0 Å². The SMILES string of the molecule is CC(C)N.CC(C)NC(=O)c1ccccc1N. The van der Waals surface area contributed by atoms with Crippen molar-refractivity contribution in [2.75, 3.05) is 5.73 Å². The zero-order chi connectivity index (χ0) is 13.4. The van der Waals surface area contributed by atoms with Crippen LogP contribution in [0.25, 0.3) is 0 Å². The van der Waals surface area contributed by atoms with Gasteiger partial charge in [0.15, 0.2) is 0 Å². The Morgan fingerprint density at radius 1 is 1.18 bits per heavy atom. The summed E-state index contributed by atoms with van der Waals surface area (Å²) in [6, 6.07) is 7.50. The van der Waals surface area contributed by atoms with Crippen LogP contribution in [0.4, 0.5) is 5.69 Å². The van der Waals surface area contributed by atoms with E-state index in [1.54, 1.807) is 18.2 Å². The molecule has 5 N–H and O–H groups in total. The van der Waals surface area contributed by atoms with E-state index >= 15 is 0 Å². The summed E-state index contributed by atoms with van der Waals surface area (Å²) < 4.78 is 0. The van der Waals surface area contributed by atoms with Crippen molar-refractivity contribution in [1.82, 2.24) is 5.32 Å². The van der Waals surface area contributed by atoms with Crippen LogP contribution in [0.3, 0.4) is 0 Å². The normalized spacial score (nSPS) is 9.82. The molecule has 0 fully saturated rings. The summed E-state index contributed by atoms with van der Waals surface area (Å²) in [5.41, 5.74) is 11.8. The highest BCUT2D eigenvalue weighted by Gasteiger charge is 2.08. The maximum Gasteiger partial charge on any atom is 0.253 e. The molecule has 0 aliphatic rings. The minimum Gasteiger partial charge on any atom is -0.398 e. The molecule has 1 amide bonds. The average molecular weight is 237 g/mol. The van der Waals surface area contributed by atoms with Gasteiger partial charge in [-0.15, -0.1) is 0 Å². The minimum atomic E-state index is -0.117. The minimum absolute atomic E-state index is 0.117. The fourth-order valence-corrected chi connectivity index (χ4v) is 1.04. The second-order valence-electron chi connectivity index (χ2n) is 4.46. The van der Waals surface area contributed by atoms with E-state index in [-0.39, 0.29) is 11.9 Å². The predicted octanol–water partition coefficient (Wildman–Crippen LogP) is 1.76. The quantitative estimate of drug-likeness (QED) is 0.685. The molecule has 4 heteroatoms. The molecular weight excluding hydrogens is 214 g/mol. The predicted molar refractivity (Wildman–Crippen MR) is 72.8 cm³/mol. The van der Waals surface area contributed by atoms with Gasteiger partial charge < -0.3 is 16.8 Å². The highest BCUT2D eigenvalue weighted by molar-refractivity contribution is 5.99. The molecule has 0 atom stereocenters. The van der Waals surface area contributed by atoms with Gasteiger partial charge in [-0.2, -0.15) is 0 Å². The van der Waals surface area contributed by atoms with Crippen LogP contribution >= 0.6 is 0 Å². The van der Waals surface area contributed by atoms with Gasteiger partial charge in [0.05, 0.1) is 5.56 Å². The number of carbonyl (C=O) groups excluding carboxylic acids is 1. The second-order valence-corrected chi connectivity index (χ2v) is 4.46. The number of para-hydroxylation sites is 1. The summed E-state index contributed by atoms with van der Waals surface area (Å²) in [5.74, 6) is -0.117. The van der Waals surface area contributed by atoms with Gasteiger partial charge in [-0.05, 0) is 32.0 Å². The molecule has 1 aromatic carbocycles. The summed E-state index contributed by atoms with van der Waals surface area (Å²) in [4.78, 5) is 11.5. The maximum absolute atomic E-state index is 11.5. The molecule has 4 nitrogen and oxygen atoms in total. The van der Waals surface area contributed by atoms with E-state index in [4.69, 9.17) is 11.5 Å². The second kappa shape index (κ2) is 7.68. The molecular formula is C13H23N3O. The molecule has 1 aromatic rings. The Labute approximate surface area is 103 Å². The van der Waals surface area contributed by atoms with Crippen molar-refractivity contribution < 1.29 is 4.79 Å². The van der Waals surface area contributed by atoms with Crippen molar-refractivity contribution in [3.63, 3.8) is 0 Å². The lowest BCUT2D eigenvalue weighted by Gasteiger charge is -2.09. The lowest BCUT2D eigenvalue weighted by molar-refractivity contribution is 0.0944. The van der Waals surface area contributed by atoms with Gasteiger partial charge in [0.2, 0.25) is 0 Å². The number of nitrogens with one attached hydrogen (secondary N) is 1. The Balaban J connectivity index is 0.000000557. The van der Waals surface area contributed by atoms with Crippen LogP contribution in [-0.4, -0.2) is 18.0 Å². The molecule has 0 radical (unpaired) electrons. The van der Waals surface area contributed by atoms with E-state index < -0.39 is 0 Å². The molecule has 0 bridgehead atoms. The summed E-state index contributed by atoms with van der Waals surface area (Å²) in [5, 5.41) is 2.78. The third kappa shape index (κ3) is 7.36. The van der Waals surface area contributed by atoms with Gasteiger partial charge in [0, 0.05) is 11.7 Å². The first-order valence-electron chi connectivity index (χ1n) is 5.75. The first-order valence-corrected chi connectivity index (χ1v) is 5.75. The van der Waals surface area contributed by atoms with Crippen LogP contribution < -0.4 is 16.8 Å². The topological polar surface area (TPSA) is 81.1 Å². The molecule has 0 unspecified atom stereocenters. The van der Waals surface area contributed by atoms with Gasteiger partial charge in [0.1, 0.15) is 0 Å². The molecule has 0 saturated heterocycles. The Hall–Kier alpha value is -1.55. The van der Waals surface area contributed by atoms with Crippen LogP contribution in [0.15, 0.2) is 24.3 Å². The van der Waals surface area contributed by atoms with Crippen molar-refractivity contribution in [2.24, 2.45) is 5.73 Å². The largest absolute Gasteiger partial charge is 0.398 e. The highest BCUT2D eigenvalue weighted by Crippen LogP contribution is 2.09. The fourth-order valence-electron chi connectivity index (χ4n) is 1.04. The zero-order valence-corrected chi connectivity index (χ0v) is 11.0. The van der Waals surface area contributed by atoms with Crippen LogP contribution in [0.5, 0.6) is 0 Å². The molecule has 0 spiro atoms. The van der Waals surface area contributed by atoms with Crippen molar-refractivity contribution in [2.45, 2.75) is 39.8 Å². The number of nitrogens with two attached hydrogens (primary N) is 2. The molecule has 96 valence electrons. The van der Waals surface area contributed by atoms with Gasteiger partial charge in [-0.25, -0.2) is 0 Å². The Morgan fingerprint density at radius 2 is 1.65 bits per heavy atom. The first kappa shape index (κ1) is 15.4. The third-order valence-electron chi connectivity index (χ3n) is 1.63. The third-order valence-corrected chi connectivity index (χ3v) is 1.63. The zero-order valence-electron chi connectivity index (χ0n) is 11.0. The number of benzene rings is 1. The number of carbonyl (C=O) groups is 1. The molecule has 0 saturated carbocycles. The first-order chi connectivity index (χ1) is 7.84. The molecule has 0 heterocycles. The molecule has 0 aliphatic carbocycles. The molecule has 0 aromatic heterocycles. The standard InChI is InChI=1S/C10H14N2O.C3H9N/c1-7(2)12-10(13)8-5-3-4-6-9(8)11;1-3(2)4/h3-7H,11H2,1-2H3,(H,12,13);3H,4H2,1-2H3. The average Bonchev–Trinajstić information content (AvgIpc) is 2.16. The lowest BCUT2D eigenvalue weighted by Crippen LogP contribution is -2.30. The Morgan fingerprint density at radius 3 is 2.06 bits per heavy atom. The van der Waals surface area contributed by atoms with Gasteiger partial charge >= 0.3 is 0 Å². The maximum atomic E-state index is 11.5. The lowest BCUT2D eigenvalue weighted by atomic mass is 10.1. The number of nitrogen functional groups attached to an aromatic ring is 1. The van der Waals surface area contributed by atoms with Gasteiger partial charge in [-0.3, -0.25) is 4.79 Å². The Kier molecular flexibility index (Phi) is 6.98. The van der Waals surface area contributed by atoms with Crippen LogP contribution in [-0.2, 0) is 0 Å². The van der Waals surface area contributed by atoms with Crippen LogP contribution in [0.2, 0.25) is 0 Å². The summed E-state index contributed by atoms with van der Waals surface area (Å²) >= 11 is 0. The van der Waals surface area contributed by atoms with Gasteiger partial charge in [-0.1, -0.05) is 26.0 Å². The number of hydrogen-bond donors (Lipinski definition) is 3. The summed E-state index contributed by atoms with van der Waals surface area (Å²) in [6.07, 6.45) is 0. The number of amides is 1. The van der Waals surface area contributed by atoms with Crippen molar-refractivity contribution >= 4 is 11.6 Å². The van der Waals surface area contributed by atoms with E-state index in [0.29, 0.717) is 17.3 Å². The molecule has 17 heavy (non-hydrogen) atoms. The number of hydrogen-bond acceptors (Lipinski definition) is 3. The Bertz CT molecular complexity index is 346. The van der Waals surface area contributed by atoms with Crippen molar-refractivity contribution in [3.8, 4) is 0 Å². The highest BCUT2D eigenvalue weighted by atomic mass is 16.1. The van der Waals surface area contributed by atoms with E-state index in [9.17, 15) is 4.79 Å². The van der Waals surface area contributed by atoms with Gasteiger partial charge in [0.25, 0.3) is 5.91 Å². The number of rotatable bonds is 2. The van der Waals surface area contributed by atoms with Crippen LogP contribution in [0, 0.1) is 0 Å². The summed E-state index contributed by atoms with van der Waals surface area (Å²) in [6.45, 7) is 7.72. The van der Waals surface area contributed by atoms with E-state index in [1.165, 1.54) is 0 Å². The monoisotopic (exact) mass is 237 g/mol.